The minimum Gasteiger partial charge on any atom is -0.0647 e. The standard InChI is InChI=1S/C35H44Si/c1-9-28-18-29(10-2)21-33(20-28)36(32-16-14-13-15-17-32,35-26(7)24(5)25(6)27(35)8)34-22-30(11-3)19-31(12-4)23-34/h13-23,35H,9-12H2,1-8H3. The van der Waals surface area contributed by atoms with Crippen molar-refractivity contribution in [2.75, 3.05) is 0 Å². The molecule has 1 aliphatic carbocycles. The van der Waals surface area contributed by atoms with Gasteiger partial charge in [-0.1, -0.05) is 106 Å². The molecule has 0 bridgehead atoms. The number of allylic oxidation sites excluding steroid dienone is 4. The molecular formula is C35H44Si. The molecule has 0 amide bonds. The van der Waals surface area contributed by atoms with Gasteiger partial charge in [0, 0.05) is 5.54 Å². The van der Waals surface area contributed by atoms with E-state index in [4.69, 9.17) is 0 Å². The summed E-state index contributed by atoms with van der Waals surface area (Å²) >= 11 is 0. The smallest absolute Gasteiger partial charge is 0.0647 e. The zero-order valence-electron chi connectivity index (χ0n) is 23.8. The van der Waals surface area contributed by atoms with Crippen LogP contribution in [0.4, 0.5) is 0 Å². The van der Waals surface area contributed by atoms with Gasteiger partial charge in [0.15, 0.2) is 8.07 Å². The Bertz CT molecular complexity index is 1180. The molecular weight excluding hydrogens is 448 g/mol. The Hall–Kier alpha value is -2.64. The van der Waals surface area contributed by atoms with E-state index in [2.05, 4.69) is 122 Å². The number of aryl methyl sites for hydroxylation is 4. The lowest BCUT2D eigenvalue weighted by atomic mass is 10.1. The molecule has 0 fully saturated rings. The van der Waals surface area contributed by atoms with Crippen molar-refractivity contribution in [2.45, 2.75) is 86.6 Å². The summed E-state index contributed by atoms with van der Waals surface area (Å²) in [5, 5.41) is 4.68. The maximum atomic E-state index is 2.58. The molecule has 1 aliphatic rings. The molecule has 188 valence electrons. The van der Waals surface area contributed by atoms with E-state index < -0.39 is 8.07 Å². The molecule has 0 aromatic heterocycles. The second kappa shape index (κ2) is 10.8. The number of rotatable bonds is 8. The molecule has 0 radical (unpaired) electrons. The highest BCUT2D eigenvalue weighted by atomic mass is 28.3. The highest BCUT2D eigenvalue weighted by molar-refractivity contribution is 7.13. The van der Waals surface area contributed by atoms with Crippen LogP contribution in [-0.4, -0.2) is 8.07 Å². The van der Waals surface area contributed by atoms with Gasteiger partial charge in [-0.2, -0.15) is 0 Å². The highest BCUT2D eigenvalue weighted by Crippen LogP contribution is 2.46. The van der Waals surface area contributed by atoms with Crippen LogP contribution in [0.1, 0.15) is 77.6 Å². The molecule has 3 aromatic carbocycles. The number of hydrogen-bond acceptors (Lipinski definition) is 0. The fourth-order valence-electron chi connectivity index (χ4n) is 6.50. The third-order valence-corrected chi connectivity index (χ3v) is 14.3. The first kappa shape index (κ1) is 26.4. The third-order valence-electron chi connectivity index (χ3n) is 8.92. The average molecular weight is 493 g/mol. The largest absolute Gasteiger partial charge is 0.159 e. The molecule has 0 atom stereocenters. The van der Waals surface area contributed by atoms with Crippen LogP contribution in [0.5, 0.6) is 0 Å². The summed E-state index contributed by atoms with van der Waals surface area (Å²) < 4.78 is 0. The molecule has 36 heavy (non-hydrogen) atoms. The topological polar surface area (TPSA) is 0 Å². The van der Waals surface area contributed by atoms with Crippen LogP contribution in [0.25, 0.3) is 0 Å². The van der Waals surface area contributed by atoms with Crippen molar-refractivity contribution in [3.63, 3.8) is 0 Å². The molecule has 0 heterocycles. The van der Waals surface area contributed by atoms with Gasteiger partial charge >= 0.3 is 0 Å². The predicted octanol–water partition coefficient (Wildman–Crippen LogP) is 7.46. The lowest BCUT2D eigenvalue weighted by Gasteiger charge is -2.42. The van der Waals surface area contributed by atoms with E-state index >= 15 is 0 Å². The van der Waals surface area contributed by atoms with Crippen molar-refractivity contribution in [1.82, 2.24) is 0 Å². The summed E-state index contributed by atoms with van der Waals surface area (Å²) in [4.78, 5) is 0. The molecule has 0 unspecified atom stereocenters. The summed E-state index contributed by atoms with van der Waals surface area (Å²) in [5.41, 5.74) is 12.4. The second-order valence-electron chi connectivity index (χ2n) is 10.7. The Balaban J connectivity index is 2.24. The molecule has 3 aromatic rings. The van der Waals surface area contributed by atoms with Gasteiger partial charge in [0.25, 0.3) is 0 Å². The van der Waals surface area contributed by atoms with E-state index in [1.54, 1.807) is 21.5 Å². The molecule has 0 spiro atoms. The lowest BCUT2D eigenvalue weighted by Crippen LogP contribution is -2.70. The van der Waals surface area contributed by atoms with Crippen molar-refractivity contribution in [3.8, 4) is 0 Å². The van der Waals surface area contributed by atoms with E-state index in [9.17, 15) is 0 Å². The summed E-state index contributed by atoms with van der Waals surface area (Å²) in [6.45, 7) is 18.7. The van der Waals surface area contributed by atoms with Gasteiger partial charge in [0.05, 0.1) is 0 Å². The SMILES string of the molecule is CCc1cc(CC)cc([Si](c2ccccc2)(c2cc(CC)cc(CC)c2)C2C(C)=C(C)C(C)=C2C)c1. The number of hydrogen-bond donors (Lipinski definition) is 0. The minimum absolute atomic E-state index is 0.425. The monoisotopic (exact) mass is 492 g/mol. The quantitative estimate of drug-likeness (QED) is 0.226. The van der Waals surface area contributed by atoms with Crippen LogP contribution < -0.4 is 15.6 Å². The second-order valence-corrected chi connectivity index (χ2v) is 14.6. The van der Waals surface area contributed by atoms with Gasteiger partial charge in [-0.15, -0.1) is 0 Å². The van der Waals surface area contributed by atoms with Crippen LogP contribution >= 0.6 is 0 Å². The van der Waals surface area contributed by atoms with Crippen LogP contribution in [0.15, 0.2) is 89.0 Å². The maximum absolute atomic E-state index is 2.58. The van der Waals surface area contributed by atoms with E-state index in [1.807, 2.05) is 0 Å². The van der Waals surface area contributed by atoms with Crippen LogP contribution in [0.2, 0.25) is 5.54 Å². The normalized spacial score (nSPS) is 14.8. The Labute approximate surface area is 221 Å². The first-order chi connectivity index (χ1) is 17.3. The molecule has 4 rings (SSSR count). The minimum atomic E-state index is -2.51. The van der Waals surface area contributed by atoms with Crippen molar-refractivity contribution in [2.24, 2.45) is 0 Å². The highest BCUT2D eigenvalue weighted by Gasteiger charge is 2.50. The predicted molar refractivity (Wildman–Crippen MR) is 162 cm³/mol. The first-order valence-corrected chi connectivity index (χ1v) is 16.1. The molecule has 0 nitrogen and oxygen atoms in total. The van der Waals surface area contributed by atoms with Crippen molar-refractivity contribution in [3.05, 3.63) is 111 Å². The third kappa shape index (κ3) is 4.37. The van der Waals surface area contributed by atoms with E-state index in [0.717, 1.165) is 25.7 Å². The van der Waals surface area contributed by atoms with Gasteiger partial charge in [-0.25, -0.2) is 0 Å². The van der Waals surface area contributed by atoms with Crippen LogP contribution in [-0.2, 0) is 25.7 Å². The first-order valence-electron chi connectivity index (χ1n) is 14.0. The summed E-state index contributed by atoms with van der Waals surface area (Å²) in [7, 11) is -2.51. The Kier molecular flexibility index (Phi) is 7.90. The zero-order valence-corrected chi connectivity index (χ0v) is 24.8. The van der Waals surface area contributed by atoms with E-state index in [-0.39, 0.29) is 0 Å². The molecule has 0 N–H and O–H groups in total. The molecule has 1 heteroatoms. The lowest BCUT2D eigenvalue weighted by molar-refractivity contribution is 1.07. The van der Waals surface area contributed by atoms with Gasteiger partial charge in [-0.3, -0.25) is 0 Å². The Morgan fingerprint density at radius 3 is 1.19 bits per heavy atom. The van der Waals surface area contributed by atoms with Gasteiger partial charge < -0.3 is 0 Å². The molecule has 0 saturated carbocycles. The van der Waals surface area contributed by atoms with Gasteiger partial charge in [0.1, 0.15) is 0 Å². The fraction of sp³-hybridized carbons (Fsp3) is 0.371. The average Bonchev–Trinajstić information content (AvgIpc) is 3.12. The maximum Gasteiger partial charge on any atom is 0.159 e. The Morgan fingerprint density at radius 1 is 0.500 bits per heavy atom. The van der Waals surface area contributed by atoms with Crippen molar-refractivity contribution < 1.29 is 0 Å². The van der Waals surface area contributed by atoms with Crippen molar-refractivity contribution >= 4 is 23.6 Å². The summed E-state index contributed by atoms with van der Waals surface area (Å²) in [6.07, 6.45) is 4.28. The van der Waals surface area contributed by atoms with Gasteiger partial charge in [-0.05, 0) is 102 Å². The zero-order chi connectivity index (χ0) is 26.0. The van der Waals surface area contributed by atoms with Crippen molar-refractivity contribution in [1.29, 1.82) is 0 Å². The summed E-state index contributed by atoms with van der Waals surface area (Å²) in [6, 6.07) is 26.7. The van der Waals surface area contributed by atoms with Crippen LogP contribution in [0, 0.1) is 0 Å². The van der Waals surface area contributed by atoms with Crippen LogP contribution in [0.3, 0.4) is 0 Å². The number of benzene rings is 3. The fourth-order valence-corrected chi connectivity index (χ4v) is 12.6. The summed E-state index contributed by atoms with van der Waals surface area (Å²) in [5.74, 6) is 0. The van der Waals surface area contributed by atoms with E-state index in [1.165, 1.54) is 38.6 Å². The van der Waals surface area contributed by atoms with E-state index in [0.29, 0.717) is 5.54 Å². The Morgan fingerprint density at radius 2 is 0.861 bits per heavy atom. The molecule has 0 saturated heterocycles. The van der Waals surface area contributed by atoms with Gasteiger partial charge in [0.2, 0.25) is 0 Å². The molecule has 0 aliphatic heterocycles.